The van der Waals surface area contributed by atoms with Crippen LogP contribution in [0.25, 0.3) is 88.4 Å². The van der Waals surface area contributed by atoms with Gasteiger partial charge in [0.15, 0.2) is 0 Å². The van der Waals surface area contributed by atoms with Crippen molar-refractivity contribution in [3.63, 3.8) is 0 Å². The van der Waals surface area contributed by atoms with Crippen LogP contribution in [0.3, 0.4) is 0 Å². The minimum atomic E-state index is 1.15. The lowest BCUT2D eigenvalue weighted by Gasteiger charge is -2.14. The highest BCUT2D eigenvalue weighted by Crippen LogP contribution is 2.43. The van der Waals surface area contributed by atoms with E-state index in [1.807, 2.05) is 0 Å². The number of fused-ring (bicyclic) bond motifs is 7. The topological polar surface area (TPSA) is 9.86 Å². The highest BCUT2D eigenvalue weighted by molar-refractivity contribution is 6.29. The third-order valence-electron chi connectivity index (χ3n) is 10.1. The van der Waals surface area contributed by atoms with Gasteiger partial charge in [-0.25, -0.2) is 0 Å². The van der Waals surface area contributed by atoms with E-state index in [4.69, 9.17) is 0 Å². The Hall–Kier alpha value is -6.64. The van der Waals surface area contributed by atoms with Gasteiger partial charge in [-0.15, -0.1) is 0 Å². The summed E-state index contributed by atoms with van der Waals surface area (Å²) in [6.07, 6.45) is 0. The Bertz CT molecular complexity index is 2860. The van der Waals surface area contributed by atoms with Crippen molar-refractivity contribution >= 4 is 43.6 Å². The average Bonchev–Trinajstić information content (AvgIpc) is 3.71. The normalized spacial score (nSPS) is 11.6. The fraction of sp³-hybridized carbons (Fsp3) is 0. The van der Waals surface area contributed by atoms with E-state index in [2.05, 4.69) is 203 Å². The molecular weight excluding hydrogens is 605 g/mol. The van der Waals surface area contributed by atoms with E-state index in [-0.39, 0.29) is 0 Å². The van der Waals surface area contributed by atoms with Crippen LogP contribution in [0.15, 0.2) is 194 Å². The van der Waals surface area contributed by atoms with Crippen LogP contribution < -0.4 is 0 Å². The van der Waals surface area contributed by atoms with Crippen molar-refractivity contribution in [1.29, 1.82) is 0 Å². The molecule has 0 fully saturated rings. The molecule has 2 heteroatoms. The molecule has 0 spiro atoms. The molecule has 50 heavy (non-hydrogen) atoms. The lowest BCUT2D eigenvalue weighted by molar-refractivity contribution is 1.17. The summed E-state index contributed by atoms with van der Waals surface area (Å²) in [4.78, 5) is 0. The zero-order chi connectivity index (χ0) is 33.0. The summed E-state index contributed by atoms with van der Waals surface area (Å²) < 4.78 is 4.90. The Balaban J connectivity index is 1.22. The van der Waals surface area contributed by atoms with Gasteiger partial charge in [0, 0.05) is 32.8 Å². The van der Waals surface area contributed by atoms with E-state index in [0.29, 0.717) is 0 Å². The van der Waals surface area contributed by atoms with Gasteiger partial charge in [-0.3, -0.25) is 0 Å². The summed E-state index contributed by atoms with van der Waals surface area (Å²) in [6, 6.07) is 70.3. The summed E-state index contributed by atoms with van der Waals surface area (Å²) in [5.74, 6) is 0. The molecule has 0 amide bonds. The highest BCUT2D eigenvalue weighted by Gasteiger charge is 2.21. The Kier molecular flexibility index (Phi) is 6.53. The maximum absolute atomic E-state index is 2.46. The number of hydrogen-bond acceptors (Lipinski definition) is 0. The van der Waals surface area contributed by atoms with Crippen LogP contribution in [0.5, 0.6) is 0 Å². The van der Waals surface area contributed by atoms with Crippen molar-refractivity contribution in [3.8, 4) is 44.8 Å². The number of para-hydroxylation sites is 3. The smallest absolute Gasteiger partial charge is 0.0549 e. The van der Waals surface area contributed by atoms with Crippen LogP contribution in [0, 0.1) is 0 Å². The molecule has 10 rings (SSSR count). The van der Waals surface area contributed by atoms with E-state index in [0.717, 1.165) is 5.69 Å². The Morgan fingerprint density at radius 2 is 0.760 bits per heavy atom. The van der Waals surface area contributed by atoms with Gasteiger partial charge >= 0.3 is 0 Å². The van der Waals surface area contributed by atoms with Crippen LogP contribution in [-0.4, -0.2) is 9.13 Å². The second kappa shape index (κ2) is 11.5. The molecule has 10 aromatic rings. The van der Waals surface area contributed by atoms with Crippen molar-refractivity contribution in [2.75, 3.05) is 0 Å². The van der Waals surface area contributed by atoms with Gasteiger partial charge in [-0.1, -0.05) is 146 Å². The molecule has 0 unspecified atom stereocenters. The van der Waals surface area contributed by atoms with E-state index in [9.17, 15) is 0 Å². The third kappa shape index (κ3) is 4.43. The molecule has 0 saturated carbocycles. The maximum atomic E-state index is 2.46. The lowest BCUT2D eigenvalue weighted by atomic mass is 9.99. The molecule has 0 aliphatic rings. The molecule has 0 aliphatic heterocycles. The lowest BCUT2D eigenvalue weighted by Crippen LogP contribution is -1.97. The molecule has 0 atom stereocenters. The highest BCUT2D eigenvalue weighted by atomic mass is 15.0. The predicted molar refractivity (Wildman–Crippen MR) is 211 cm³/mol. The largest absolute Gasteiger partial charge is 0.309 e. The second-order valence-corrected chi connectivity index (χ2v) is 12.9. The van der Waals surface area contributed by atoms with Gasteiger partial charge in [0.1, 0.15) is 0 Å². The van der Waals surface area contributed by atoms with E-state index < -0.39 is 0 Å². The van der Waals surface area contributed by atoms with Gasteiger partial charge in [0.2, 0.25) is 0 Å². The number of nitrogens with zero attached hydrogens (tertiary/aromatic N) is 2. The molecule has 2 aromatic heterocycles. The molecule has 0 bridgehead atoms. The fourth-order valence-corrected chi connectivity index (χ4v) is 7.92. The summed E-state index contributed by atoms with van der Waals surface area (Å²) in [7, 11) is 0. The van der Waals surface area contributed by atoms with Crippen LogP contribution in [0.1, 0.15) is 0 Å². The molecule has 2 nitrogen and oxygen atoms in total. The summed E-state index contributed by atoms with van der Waals surface area (Å²) >= 11 is 0. The second-order valence-electron chi connectivity index (χ2n) is 12.9. The van der Waals surface area contributed by atoms with Crippen molar-refractivity contribution in [2.24, 2.45) is 0 Å². The first kappa shape index (κ1) is 28.4. The zero-order valence-corrected chi connectivity index (χ0v) is 27.4. The van der Waals surface area contributed by atoms with Crippen LogP contribution >= 0.6 is 0 Å². The molecule has 2 heterocycles. The monoisotopic (exact) mass is 636 g/mol. The van der Waals surface area contributed by atoms with E-state index in [1.165, 1.54) is 82.7 Å². The molecule has 0 N–H and O–H groups in total. The molecule has 0 radical (unpaired) electrons. The van der Waals surface area contributed by atoms with Crippen molar-refractivity contribution < 1.29 is 0 Å². The molecule has 0 saturated heterocycles. The van der Waals surface area contributed by atoms with Gasteiger partial charge < -0.3 is 9.13 Å². The molecule has 0 aliphatic carbocycles. The van der Waals surface area contributed by atoms with Gasteiger partial charge in [0.25, 0.3) is 0 Å². The first-order valence-corrected chi connectivity index (χ1v) is 17.2. The number of aromatic nitrogens is 2. The maximum Gasteiger partial charge on any atom is 0.0549 e. The Morgan fingerprint density at radius 3 is 1.46 bits per heavy atom. The van der Waals surface area contributed by atoms with Crippen LogP contribution in [-0.2, 0) is 0 Å². The first-order valence-electron chi connectivity index (χ1n) is 17.2. The molecular formula is C48H32N2. The number of rotatable bonds is 5. The Morgan fingerprint density at radius 1 is 0.280 bits per heavy atom. The number of hydrogen-bond donors (Lipinski definition) is 0. The van der Waals surface area contributed by atoms with Crippen molar-refractivity contribution in [2.45, 2.75) is 0 Å². The minimum absolute atomic E-state index is 1.15. The van der Waals surface area contributed by atoms with Gasteiger partial charge in [-0.05, 0) is 76.3 Å². The van der Waals surface area contributed by atoms with Crippen LogP contribution in [0.4, 0.5) is 0 Å². The number of benzene rings is 8. The van der Waals surface area contributed by atoms with E-state index >= 15 is 0 Å². The van der Waals surface area contributed by atoms with Crippen molar-refractivity contribution in [3.05, 3.63) is 194 Å². The fourth-order valence-electron chi connectivity index (χ4n) is 7.92. The summed E-state index contributed by atoms with van der Waals surface area (Å²) in [5, 5.41) is 5.07. The van der Waals surface area contributed by atoms with E-state index in [1.54, 1.807) is 0 Å². The molecule has 8 aromatic carbocycles. The van der Waals surface area contributed by atoms with Gasteiger partial charge in [0.05, 0.1) is 27.8 Å². The third-order valence-corrected chi connectivity index (χ3v) is 10.1. The van der Waals surface area contributed by atoms with Gasteiger partial charge in [-0.2, -0.15) is 0 Å². The van der Waals surface area contributed by atoms with Crippen molar-refractivity contribution in [1.82, 2.24) is 9.13 Å². The zero-order valence-electron chi connectivity index (χ0n) is 27.4. The predicted octanol–water partition coefficient (Wildman–Crippen LogP) is 12.9. The SMILES string of the molecule is c1ccc(-c2cccc(-c3cccc(-n4c5ccccc5c5c6c7ccccc7n(-c7ccccc7-c7ccccc7)c6ccc54)c3)c2)cc1. The Labute approximate surface area is 290 Å². The quantitative estimate of drug-likeness (QED) is 0.178. The first-order chi connectivity index (χ1) is 24.8. The molecule has 234 valence electrons. The summed E-state index contributed by atoms with van der Waals surface area (Å²) in [6.45, 7) is 0. The minimum Gasteiger partial charge on any atom is -0.309 e. The van der Waals surface area contributed by atoms with Crippen LogP contribution in [0.2, 0.25) is 0 Å². The average molecular weight is 637 g/mol. The summed E-state index contributed by atoms with van der Waals surface area (Å²) in [5.41, 5.74) is 14.4. The standard InChI is InChI=1S/C48H32N2/c1-3-15-33(16-4-1)35-19-13-20-36(31-35)37-21-14-22-38(32-37)49-43-27-11-8-24-40(43)47-45(49)29-30-46-48(47)41-25-9-12-28-44(41)50(46)42-26-10-7-23-39(42)34-17-5-2-6-18-34/h1-32H.